The highest BCUT2D eigenvalue weighted by Crippen LogP contribution is 2.33. The molecule has 30 heavy (non-hydrogen) atoms. The molecule has 0 bridgehead atoms. The third kappa shape index (κ3) is 3.34. The number of nitrogens with zero attached hydrogens (tertiary/aromatic N) is 2. The van der Waals surface area contributed by atoms with Crippen LogP contribution in [0.1, 0.15) is 34.2 Å². The first kappa shape index (κ1) is 19.8. The third-order valence-electron chi connectivity index (χ3n) is 5.39. The van der Waals surface area contributed by atoms with E-state index in [1.807, 2.05) is 54.8 Å². The van der Waals surface area contributed by atoms with Crippen molar-refractivity contribution < 1.29 is 13.6 Å². The molecule has 0 fully saturated rings. The molecule has 0 spiro atoms. The van der Waals surface area contributed by atoms with E-state index in [1.54, 1.807) is 0 Å². The van der Waals surface area contributed by atoms with E-state index in [-0.39, 0.29) is 0 Å². The van der Waals surface area contributed by atoms with Crippen LogP contribution in [0.4, 0.5) is 8.78 Å². The van der Waals surface area contributed by atoms with Crippen molar-refractivity contribution in [2.45, 2.75) is 26.8 Å². The number of hydrogen-bond donors (Lipinski definition) is 1. The Morgan fingerprint density at radius 3 is 2.53 bits per heavy atom. The Morgan fingerprint density at radius 2 is 1.83 bits per heavy atom. The number of primary amides is 1. The molecule has 0 radical (unpaired) electrons. The maximum absolute atomic E-state index is 13.7. The lowest BCUT2D eigenvalue weighted by molar-refractivity contribution is 0.1000. The number of para-hydroxylation sites is 1. The molecule has 0 saturated carbocycles. The largest absolute Gasteiger partial charge is 0.366 e. The van der Waals surface area contributed by atoms with Crippen LogP contribution in [0.15, 0.2) is 54.6 Å². The zero-order valence-corrected chi connectivity index (χ0v) is 16.7. The topological polar surface area (TPSA) is 60.9 Å². The first-order valence-electron chi connectivity index (χ1n) is 9.72. The summed E-state index contributed by atoms with van der Waals surface area (Å²) in [5, 5.41) is 0.998. The molecule has 0 aliphatic carbocycles. The molecule has 4 aromatic rings. The molecule has 4 nitrogen and oxygen atoms in total. The number of amides is 1. The molecule has 0 unspecified atom stereocenters. The lowest BCUT2D eigenvalue weighted by Crippen LogP contribution is -2.14. The first-order valence-corrected chi connectivity index (χ1v) is 9.72. The molecule has 2 heterocycles. The summed E-state index contributed by atoms with van der Waals surface area (Å²) in [7, 11) is 0. The van der Waals surface area contributed by atoms with Crippen molar-refractivity contribution in [3.63, 3.8) is 0 Å². The van der Waals surface area contributed by atoms with Gasteiger partial charge in [-0.3, -0.25) is 4.79 Å². The van der Waals surface area contributed by atoms with Crippen LogP contribution in [0.3, 0.4) is 0 Å². The van der Waals surface area contributed by atoms with E-state index < -0.39 is 17.5 Å². The molecule has 0 saturated heterocycles. The zero-order valence-electron chi connectivity index (χ0n) is 16.7. The number of nitrogens with two attached hydrogens (primary N) is 1. The van der Waals surface area contributed by atoms with Gasteiger partial charge in [-0.2, -0.15) is 0 Å². The van der Waals surface area contributed by atoms with Gasteiger partial charge in [0.2, 0.25) is 0 Å². The number of carbonyl (C=O) groups is 1. The van der Waals surface area contributed by atoms with E-state index >= 15 is 0 Å². The van der Waals surface area contributed by atoms with E-state index in [2.05, 4.69) is 0 Å². The van der Waals surface area contributed by atoms with Crippen LogP contribution < -0.4 is 5.73 Å². The Labute approximate surface area is 173 Å². The summed E-state index contributed by atoms with van der Waals surface area (Å²) >= 11 is 0. The van der Waals surface area contributed by atoms with Crippen molar-refractivity contribution in [2.75, 3.05) is 0 Å². The second-order valence-corrected chi connectivity index (χ2v) is 7.22. The highest BCUT2D eigenvalue weighted by molar-refractivity contribution is 6.02. The number of pyridine rings is 1. The molecule has 1 amide bonds. The van der Waals surface area contributed by atoms with Gasteiger partial charge >= 0.3 is 0 Å². The number of carbonyl (C=O) groups excluding carboxylic acids is 1. The van der Waals surface area contributed by atoms with Crippen LogP contribution in [-0.2, 0) is 13.0 Å². The van der Waals surface area contributed by atoms with E-state index in [9.17, 15) is 13.6 Å². The fraction of sp³-hybridized carbons (Fsp3) is 0.167. The number of rotatable bonds is 5. The molecule has 152 valence electrons. The summed E-state index contributed by atoms with van der Waals surface area (Å²) in [6, 6.07) is 15.4. The zero-order chi connectivity index (χ0) is 21.4. The predicted octanol–water partition coefficient (Wildman–Crippen LogP) is 5.00. The average Bonchev–Trinajstić information content (AvgIpc) is 3.02. The van der Waals surface area contributed by atoms with Crippen molar-refractivity contribution in [3.8, 4) is 11.3 Å². The minimum absolute atomic E-state index is 0.292. The maximum atomic E-state index is 13.7. The van der Waals surface area contributed by atoms with Crippen molar-refractivity contribution in [1.82, 2.24) is 9.55 Å². The number of benzene rings is 2. The molecular weight excluding hydrogens is 384 g/mol. The number of aromatic nitrogens is 2. The van der Waals surface area contributed by atoms with Crippen LogP contribution >= 0.6 is 0 Å². The van der Waals surface area contributed by atoms with Gasteiger partial charge in [0.05, 0.1) is 16.8 Å². The summed E-state index contributed by atoms with van der Waals surface area (Å²) in [4.78, 5) is 17.1. The molecule has 0 aliphatic rings. The Balaban J connectivity index is 1.92. The van der Waals surface area contributed by atoms with Crippen LogP contribution in [-0.4, -0.2) is 15.5 Å². The van der Waals surface area contributed by atoms with Gasteiger partial charge in [0.25, 0.3) is 5.91 Å². The smallest absolute Gasteiger partial charge is 0.251 e. The van der Waals surface area contributed by atoms with Gasteiger partial charge in [0.15, 0.2) is 11.6 Å². The predicted molar refractivity (Wildman–Crippen MR) is 113 cm³/mol. The summed E-state index contributed by atoms with van der Waals surface area (Å²) in [6.45, 7) is 4.08. The van der Waals surface area contributed by atoms with Gasteiger partial charge in [-0.25, -0.2) is 13.8 Å². The average molecular weight is 405 g/mol. The molecular formula is C24H21F2N3O. The lowest BCUT2D eigenvalue weighted by atomic mass is 10.0. The minimum atomic E-state index is -0.901. The standard InChI is InChI=1S/C24H21F2N3O/c1-3-21-23(20-11-9-16-6-4-5-7-19(16)28-20)22(24(27)30)14(2)29(21)13-15-8-10-17(25)18(26)12-15/h4-12H,3,13H2,1-2H3,(H2,27,30). The minimum Gasteiger partial charge on any atom is -0.366 e. The van der Waals surface area contributed by atoms with E-state index in [0.29, 0.717) is 41.0 Å². The third-order valence-corrected chi connectivity index (χ3v) is 5.39. The molecule has 0 aliphatic heterocycles. The van der Waals surface area contributed by atoms with Gasteiger partial charge < -0.3 is 10.3 Å². The Hall–Kier alpha value is -3.54. The van der Waals surface area contributed by atoms with Crippen LogP contribution in [0, 0.1) is 18.6 Å². The first-order chi connectivity index (χ1) is 14.4. The normalized spacial score (nSPS) is 11.2. The molecule has 0 atom stereocenters. The number of hydrogen-bond acceptors (Lipinski definition) is 2. The van der Waals surface area contributed by atoms with Crippen molar-refractivity contribution in [1.29, 1.82) is 0 Å². The molecule has 2 aromatic heterocycles. The van der Waals surface area contributed by atoms with Crippen molar-refractivity contribution in [3.05, 3.63) is 88.7 Å². The highest BCUT2D eigenvalue weighted by atomic mass is 19.2. The molecule has 2 N–H and O–H groups in total. The quantitative estimate of drug-likeness (QED) is 0.508. The van der Waals surface area contributed by atoms with Gasteiger partial charge in [0, 0.05) is 28.9 Å². The van der Waals surface area contributed by atoms with Crippen LogP contribution in [0.2, 0.25) is 0 Å². The van der Waals surface area contributed by atoms with Gasteiger partial charge in [-0.1, -0.05) is 37.3 Å². The van der Waals surface area contributed by atoms with E-state index in [1.165, 1.54) is 12.1 Å². The van der Waals surface area contributed by atoms with Crippen molar-refractivity contribution >= 4 is 16.8 Å². The van der Waals surface area contributed by atoms with Crippen LogP contribution in [0.5, 0.6) is 0 Å². The number of fused-ring (bicyclic) bond motifs is 1. The maximum Gasteiger partial charge on any atom is 0.251 e. The highest BCUT2D eigenvalue weighted by Gasteiger charge is 2.25. The SMILES string of the molecule is CCc1c(-c2ccc3ccccc3n2)c(C(N)=O)c(C)n1Cc1ccc(F)c(F)c1. The summed E-state index contributed by atoms with van der Waals surface area (Å²) < 4.78 is 29.0. The van der Waals surface area contributed by atoms with E-state index in [4.69, 9.17) is 10.7 Å². The van der Waals surface area contributed by atoms with Gasteiger partial charge in [0.1, 0.15) is 0 Å². The summed E-state index contributed by atoms with van der Waals surface area (Å²) in [5.74, 6) is -2.34. The lowest BCUT2D eigenvalue weighted by Gasteiger charge is -2.12. The van der Waals surface area contributed by atoms with Crippen molar-refractivity contribution in [2.24, 2.45) is 5.73 Å². The Morgan fingerprint density at radius 1 is 1.07 bits per heavy atom. The van der Waals surface area contributed by atoms with E-state index in [0.717, 1.165) is 22.7 Å². The molecule has 6 heteroatoms. The fourth-order valence-corrected chi connectivity index (χ4v) is 3.98. The Bertz CT molecular complexity index is 1280. The summed E-state index contributed by atoms with van der Waals surface area (Å²) in [6.07, 6.45) is 0.613. The van der Waals surface area contributed by atoms with Gasteiger partial charge in [-0.15, -0.1) is 0 Å². The van der Waals surface area contributed by atoms with Gasteiger partial charge in [-0.05, 0) is 43.2 Å². The monoisotopic (exact) mass is 405 g/mol. The second kappa shape index (κ2) is 7.71. The molecule has 4 rings (SSSR count). The second-order valence-electron chi connectivity index (χ2n) is 7.22. The fourth-order valence-electron chi connectivity index (χ4n) is 3.98. The molecule has 2 aromatic carbocycles. The summed E-state index contributed by atoms with van der Waals surface area (Å²) in [5.41, 5.74) is 10.5. The van der Waals surface area contributed by atoms with Crippen LogP contribution in [0.25, 0.3) is 22.2 Å². The Kier molecular flexibility index (Phi) is 5.08. The number of halogens is 2.